The Labute approximate surface area is 249 Å². The fraction of sp³-hybridized carbons (Fsp3) is 0.424. The number of benzene rings is 3. The van der Waals surface area contributed by atoms with E-state index in [1.54, 1.807) is 18.2 Å². The molecule has 2 atom stereocenters. The first-order valence-electron chi connectivity index (χ1n) is 14.5. The molecule has 3 aromatic rings. The van der Waals surface area contributed by atoms with E-state index < -0.39 is 21.7 Å². The van der Waals surface area contributed by atoms with E-state index in [1.165, 1.54) is 23.5 Å². The number of methoxy groups -OCH3 is 1. The molecule has 0 aromatic heterocycles. The maximum atomic E-state index is 14.1. The minimum Gasteiger partial charge on any atom is -0.497 e. The van der Waals surface area contributed by atoms with Gasteiger partial charge in [0.05, 0.1) is 30.3 Å². The molecular weight excluding hydrogens is 552 g/mol. The molecule has 0 unspecified atom stereocenters. The smallest absolute Gasteiger partial charge is 0.264 e. The summed E-state index contributed by atoms with van der Waals surface area (Å²) < 4.78 is 47.3. The van der Waals surface area contributed by atoms with Gasteiger partial charge in [-0.1, -0.05) is 58.9 Å². The average molecular weight is 593 g/mol. The van der Waals surface area contributed by atoms with Gasteiger partial charge in [0.25, 0.3) is 15.9 Å². The number of ether oxygens (including phenoxy) is 3. The number of hydrogen-bond donors (Lipinski definition) is 1. The third-order valence-electron chi connectivity index (χ3n) is 8.44. The summed E-state index contributed by atoms with van der Waals surface area (Å²) in [6.07, 6.45) is 1.14. The first kappa shape index (κ1) is 29.8. The molecule has 42 heavy (non-hydrogen) atoms. The SMILES string of the molecule is CCC1(CC)C[C@@H](NC(=O)[C@@H]2CN(S(=O)(=O)c3ccc(OC)cc3)c3cc(C(C)(C)C)ccc3O2)c2ccccc2O1. The molecule has 0 aliphatic carbocycles. The van der Waals surface area contributed by atoms with Crippen molar-refractivity contribution in [1.29, 1.82) is 0 Å². The number of hydrogen-bond acceptors (Lipinski definition) is 6. The van der Waals surface area contributed by atoms with Crippen molar-refractivity contribution in [2.45, 2.75) is 81.9 Å². The van der Waals surface area contributed by atoms with Crippen molar-refractivity contribution in [3.8, 4) is 17.2 Å². The molecule has 5 rings (SSSR count). The van der Waals surface area contributed by atoms with Gasteiger partial charge in [-0.05, 0) is 66.3 Å². The Hall–Kier alpha value is -3.72. The zero-order valence-corrected chi connectivity index (χ0v) is 26.0. The lowest BCUT2D eigenvalue weighted by molar-refractivity contribution is -0.129. The maximum Gasteiger partial charge on any atom is 0.264 e. The van der Waals surface area contributed by atoms with Crippen LogP contribution in [0.15, 0.2) is 71.6 Å². The van der Waals surface area contributed by atoms with Gasteiger partial charge < -0.3 is 19.5 Å². The van der Waals surface area contributed by atoms with Crippen LogP contribution in [0.25, 0.3) is 0 Å². The van der Waals surface area contributed by atoms with Crippen molar-refractivity contribution in [2.75, 3.05) is 18.0 Å². The molecule has 0 saturated heterocycles. The summed E-state index contributed by atoms with van der Waals surface area (Å²) in [5.41, 5.74) is 1.64. The molecule has 3 aromatic carbocycles. The van der Waals surface area contributed by atoms with Crippen LogP contribution in [0.5, 0.6) is 17.2 Å². The van der Waals surface area contributed by atoms with E-state index in [-0.39, 0.29) is 28.8 Å². The van der Waals surface area contributed by atoms with E-state index in [4.69, 9.17) is 14.2 Å². The van der Waals surface area contributed by atoms with E-state index in [1.807, 2.05) is 36.4 Å². The molecule has 1 amide bonds. The van der Waals surface area contributed by atoms with Crippen molar-refractivity contribution >= 4 is 21.6 Å². The fourth-order valence-corrected chi connectivity index (χ4v) is 7.12. The number of rotatable bonds is 7. The minimum absolute atomic E-state index is 0.102. The van der Waals surface area contributed by atoms with Crippen molar-refractivity contribution < 1.29 is 27.4 Å². The number of para-hydroxylation sites is 1. The predicted molar refractivity (Wildman–Crippen MR) is 163 cm³/mol. The zero-order valence-electron chi connectivity index (χ0n) is 25.1. The third-order valence-corrected chi connectivity index (χ3v) is 10.2. The summed E-state index contributed by atoms with van der Waals surface area (Å²) in [6.45, 7) is 10.2. The molecule has 2 aliphatic heterocycles. The van der Waals surface area contributed by atoms with Crippen LogP contribution < -0.4 is 23.8 Å². The molecule has 2 heterocycles. The monoisotopic (exact) mass is 592 g/mol. The van der Waals surface area contributed by atoms with Gasteiger partial charge in [0, 0.05) is 12.0 Å². The van der Waals surface area contributed by atoms with Crippen LogP contribution in [-0.2, 0) is 20.2 Å². The molecule has 0 spiro atoms. The Morgan fingerprint density at radius 3 is 2.36 bits per heavy atom. The van der Waals surface area contributed by atoms with Crippen LogP contribution in [0.4, 0.5) is 5.69 Å². The van der Waals surface area contributed by atoms with E-state index in [9.17, 15) is 13.2 Å². The predicted octanol–water partition coefficient (Wildman–Crippen LogP) is 6.15. The van der Waals surface area contributed by atoms with Crippen LogP contribution >= 0.6 is 0 Å². The number of nitrogens with zero attached hydrogens (tertiary/aromatic N) is 1. The number of fused-ring (bicyclic) bond motifs is 2. The lowest BCUT2D eigenvalue weighted by atomic mass is 9.83. The summed E-state index contributed by atoms with van der Waals surface area (Å²) in [5, 5.41) is 3.18. The van der Waals surface area contributed by atoms with Crippen molar-refractivity contribution in [3.63, 3.8) is 0 Å². The van der Waals surface area contributed by atoms with Crippen LogP contribution in [0.2, 0.25) is 0 Å². The summed E-state index contributed by atoms with van der Waals surface area (Å²) in [5.74, 6) is 1.27. The van der Waals surface area contributed by atoms with Crippen LogP contribution in [0, 0.1) is 0 Å². The maximum absolute atomic E-state index is 14.1. The quantitative estimate of drug-likeness (QED) is 0.354. The van der Waals surface area contributed by atoms with Gasteiger partial charge >= 0.3 is 0 Å². The molecule has 8 nitrogen and oxygen atoms in total. The van der Waals surface area contributed by atoms with Crippen LogP contribution in [0.1, 0.15) is 71.0 Å². The molecule has 1 N–H and O–H groups in total. The zero-order chi connectivity index (χ0) is 30.3. The number of amides is 1. The second-order valence-electron chi connectivity index (χ2n) is 12.0. The van der Waals surface area contributed by atoms with E-state index >= 15 is 0 Å². The largest absolute Gasteiger partial charge is 0.497 e. The summed E-state index contributed by atoms with van der Waals surface area (Å²) in [6, 6.07) is 19.2. The number of nitrogens with one attached hydrogen (secondary N) is 1. The Morgan fingerprint density at radius 2 is 1.71 bits per heavy atom. The second kappa shape index (κ2) is 11.2. The van der Waals surface area contributed by atoms with Crippen LogP contribution in [-0.4, -0.2) is 39.7 Å². The van der Waals surface area contributed by atoms with Gasteiger partial charge in [-0.25, -0.2) is 8.42 Å². The first-order valence-corrected chi connectivity index (χ1v) is 15.9. The molecule has 2 aliphatic rings. The highest BCUT2D eigenvalue weighted by atomic mass is 32.2. The van der Waals surface area contributed by atoms with Gasteiger partial charge in [0.15, 0.2) is 6.10 Å². The van der Waals surface area contributed by atoms with E-state index in [0.29, 0.717) is 23.6 Å². The highest BCUT2D eigenvalue weighted by Crippen LogP contribution is 2.44. The average Bonchev–Trinajstić information content (AvgIpc) is 2.99. The minimum atomic E-state index is -4.04. The highest BCUT2D eigenvalue weighted by molar-refractivity contribution is 7.92. The topological polar surface area (TPSA) is 94.2 Å². The molecule has 0 fully saturated rings. The van der Waals surface area contributed by atoms with Crippen molar-refractivity contribution in [2.24, 2.45) is 0 Å². The molecule has 0 bridgehead atoms. The standard InChI is InChI=1S/C33H40N2O6S/c1-7-33(8-2)20-26(25-11-9-10-12-28(25)41-33)34-31(36)30-21-35(42(37,38)24-16-14-23(39-6)15-17-24)27-19-22(32(3,4)5)13-18-29(27)40-30/h9-19,26,30H,7-8,20-21H2,1-6H3,(H,34,36)/t26-,30+/m1/s1. The lowest BCUT2D eigenvalue weighted by Crippen LogP contribution is -2.53. The van der Waals surface area contributed by atoms with Gasteiger partial charge in [-0.15, -0.1) is 0 Å². The highest BCUT2D eigenvalue weighted by Gasteiger charge is 2.42. The van der Waals surface area contributed by atoms with E-state index in [0.717, 1.165) is 29.7 Å². The first-order chi connectivity index (χ1) is 19.9. The third kappa shape index (κ3) is 5.54. The molecule has 0 saturated carbocycles. The van der Waals surface area contributed by atoms with Crippen LogP contribution in [0.3, 0.4) is 0 Å². The van der Waals surface area contributed by atoms with E-state index in [2.05, 4.69) is 39.9 Å². The number of sulfonamides is 1. The Kier molecular flexibility index (Phi) is 7.91. The number of anilines is 1. The number of carbonyl (C=O) groups is 1. The molecule has 9 heteroatoms. The summed E-state index contributed by atoms with van der Waals surface area (Å²) in [7, 11) is -2.51. The van der Waals surface area contributed by atoms with Crippen molar-refractivity contribution in [1.82, 2.24) is 5.32 Å². The lowest BCUT2D eigenvalue weighted by Gasteiger charge is -2.42. The Morgan fingerprint density at radius 1 is 1.02 bits per heavy atom. The molecule has 224 valence electrons. The summed E-state index contributed by atoms with van der Waals surface area (Å²) in [4.78, 5) is 14.0. The molecular formula is C33H40N2O6S. The van der Waals surface area contributed by atoms with Gasteiger partial charge in [0.2, 0.25) is 0 Å². The normalized spacial score (nSPS) is 19.5. The van der Waals surface area contributed by atoms with Gasteiger partial charge in [-0.3, -0.25) is 9.10 Å². The Bertz CT molecular complexity index is 1560. The fourth-order valence-electron chi connectivity index (χ4n) is 5.65. The number of carbonyl (C=O) groups excluding carboxylic acids is 1. The molecule has 0 radical (unpaired) electrons. The van der Waals surface area contributed by atoms with Crippen molar-refractivity contribution in [3.05, 3.63) is 77.9 Å². The Balaban J connectivity index is 1.50. The van der Waals surface area contributed by atoms with Gasteiger partial charge in [0.1, 0.15) is 22.8 Å². The summed E-state index contributed by atoms with van der Waals surface area (Å²) >= 11 is 0. The van der Waals surface area contributed by atoms with Gasteiger partial charge in [-0.2, -0.15) is 0 Å². The second-order valence-corrected chi connectivity index (χ2v) is 13.9.